The second-order valence-electron chi connectivity index (χ2n) is 3.68. The minimum Gasteiger partial charge on any atom is -0.381 e. The molecule has 14 heavy (non-hydrogen) atoms. The summed E-state index contributed by atoms with van der Waals surface area (Å²) in [4.78, 5) is 4.21. The van der Waals surface area contributed by atoms with Crippen LogP contribution in [0.25, 0.3) is 0 Å². The fraction of sp³-hybridized carbons (Fsp3) is 0.545. The lowest BCUT2D eigenvalue weighted by atomic mass is 10.0. The van der Waals surface area contributed by atoms with Gasteiger partial charge in [0.05, 0.1) is 6.61 Å². The number of nitrogens with one attached hydrogen (secondary N) is 1. The van der Waals surface area contributed by atoms with Crippen molar-refractivity contribution in [3.63, 3.8) is 0 Å². The van der Waals surface area contributed by atoms with Crippen LogP contribution in [0, 0.1) is 5.92 Å². The smallest absolute Gasteiger partial charge is 0.125 e. The molecular formula is C11H16N2O. The Hall–Kier alpha value is -1.09. The highest BCUT2D eigenvalue weighted by atomic mass is 16.5. The highest BCUT2D eigenvalue weighted by molar-refractivity contribution is 5.32. The lowest BCUT2D eigenvalue weighted by Gasteiger charge is -2.22. The molecule has 1 N–H and O–H groups in total. The fourth-order valence-electron chi connectivity index (χ4n) is 1.68. The number of anilines is 1. The predicted molar refractivity (Wildman–Crippen MR) is 56.3 cm³/mol. The maximum atomic E-state index is 5.41. The monoisotopic (exact) mass is 192 g/mol. The molecule has 0 bridgehead atoms. The highest BCUT2D eigenvalue weighted by Crippen LogP contribution is 2.13. The normalized spacial score (nSPS) is 21.9. The molecule has 1 aromatic heterocycles. The molecule has 76 valence electrons. The first-order valence-electron chi connectivity index (χ1n) is 5.18. The Morgan fingerprint density at radius 3 is 3.21 bits per heavy atom. The van der Waals surface area contributed by atoms with Gasteiger partial charge in [-0.15, -0.1) is 0 Å². The maximum absolute atomic E-state index is 5.41. The zero-order valence-electron chi connectivity index (χ0n) is 8.28. The third kappa shape index (κ3) is 2.70. The summed E-state index contributed by atoms with van der Waals surface area (Å²) in [7, 11) is 0. The summed E-state index contributed by atoms with van der Waals surface area (Å²) in [6, 6.07) is 5.91. The summed E-state index contributed by atoms with van der Waals surface area (Å²) < 4.78 is 5.41. The molecule has 1 aromatic rings. The molecule has 2 rings (SSSR count). The number of aromatic nitrogens is 1. The summed E-state index contributed by atoms with van der Waals surface area (Å²) in [6.45, 7) is 2.79. The molecule has 0 aliphatic carbocycles. The predicted octanol–water partition coefficient (Wildman–Crippen LogP) is 1.92. The second kappa shape index (κ2) is 4.96. The molecule has 3 heteroatoms. The van der Waals surface area contributed by atoms with Gasteiger partial charge in [0.1, 0.15) is 5.82 Å². The van der Waals surface area contributed by atoms with Gasteiger partial charge in [-0.3, -0.25) is 0 Å². The van der Waals surface area contributed by atoms with Crippen molar-refractivity contribution in [1.82, 2.24) is 4.98 Å². The molecule has 1 unspecified atom stereocenters. The largest absolute Gasteiger partial charge is 0.381 e. The SMILES string of the molecule is c1ccc(NCC2CCCOC2)nc1. The van der Waals surface area contributed by atoms with Crippen LogP contribution >= 0.6 is 0 Å². The van der Waals surface area contributed by atoms with Crippen LogP contribution in [0.2, 0.25) is 0 Å². The fourth-order valence-corrected chi connectivity index (χ4v) is 1.68. The van der Waals surface area contributed by atoms with E-state index in [4.69, 9.17) is 4.74 Å². The van der Waals surface area contributed by atoms with Crippen LogP contribution in [0.3, 0.4) is 0 Å². The van der Waals surface area contributed by atoms with Gasteiger partial charge < -0.3 is 10.1 Å². The quantitative estimate of drug-likeness (QED) is 0.794. The van der Waals surface area contributed by atoms with E-state index >= 15 is 0 Å². The molecule has 1 saturated heterocycles. The van der Waals surface area contributed by atoms with Crippen LogP contribution in [0.4, 0.5) is 5.82 Å². The summed E-state index contributed by atoms with van der Waals surface area (Å²) in [5.74, 6) is 1.60. The average Bonchev–Trinajstić information content (AvgIpc) is 2.29. The van der Waals surface area contributed by atoms with E-state index in [1.807, 2.05) is 18.2 Å². The van der Waals surface area contributed by atoms with Crippen LogP contribution in [0.1, 0.15) is 12.8 Å². The van der Waals surface area contributed by atoms with E-state index in [1.165, 1.54) is 12.8 Å². The zero-order chi connectivity index (χ0) is 9.64. The third-order valence-corrected chi connectivity index (χ3v) is 2.49. The molecule has 0 saturated carbocycles. The van der Waals surface area contributed by atoms with Crippen LogP contribution < -0.4 is 5.32 Å². The Balaban J connectivity index is 1.76. The Morgan fingerprint density at radius 2 is 2.50 bits per heavy atom. The van der Waals surface area contributed by atoms with Crippen molar-refractivity contribution in [3.05, 3.63) is 24.4 Å². The Labute approximate surface area is 84.5 Å². The van der Waals surface area contributed by atoms with Crippen LogP contribution in [-0.2, 0) is 4.74 Å². The molecule has 1 aliphatic heterocycles. The zero-order valence-corrected chi connectivity index (χ0v) is 8.28. The number of rotatable bonds is 3. The molecule has 2 heterocycles. The molecule has 3 nitrogen and oxygen atoms in total. The third-order valence-electron chi connectivity index (χ3n) is 2.49. The standard InChI is InChI=1S/C11H16N2O/c1-2-6-12-11(5-1)13-8-10-4-3-7-14-9-10/h1-2,5-6,10H,3-4,7-9H2,(H,12,13). The number of nitrogens with zero attached hydrogens (tertiary/aromatic N) is 1. The van der Waals surface area contributed by atoms with E-state index in [2.05, 4.69) is 10.3 Å². The number of hydrogen-bond donors (Lipinski definition) is 1. The van der Waals surface area contributed by atoms with Gasteiger partial charge >= 0.3 is 0 Å². The van der Waals surface area contributed by atoms with Crippen LogP contribution in [0.15, 0.2) is 24.4 Å². The average molecular weight is 192 g/mol. The second-order valence-corrected chi connectivity index (χ2v) is 3.68. The van der Waals surface area contributed by atoms with Gasteiger partial charge in [0.15, 0.2) is 0 Å². The van der Waals surface area contributed by atoms with Gasteiger partial charge in [-0.2, -0.15) is 0 Å². The van der Waals surface area contributed by atoms with Crippen LogP contribution in [-0.4, -0.2) is 24.7 Å². The first-order chi connectivity index (χ1) is 6.95. The van der Waals surface area contributed by atoms with Crippen molar-refractivity contribution in [2.24, 2.45) is 5.92 Å². The van der Waals surface area contributed by atoms with E-state index < -0.39 is 0 Å². The van der Waals surface area contributed by atoms with E-state index in [9.17, 15) is 0 Å². The van der Waals surface area contributed by atoms with Gasteiger partial charge in [-0.05, 0) is 30.9 Å². The highest BCUT2D eigenvalue weighted by Gasteiger charge is 2.13. The van der Waals surface area contributed by atoms with Crippen molar-refractivity contribution in [2.45, 2.75) is 12.8 Å². The van der Waals surface area contributed by atoms with Gasteiger partial charge in [0.25, 0.3) is 0 Å². The molecule has 1 fully saturated rings. The summed E-state index contributed by atoms with van der Waals surface area (Å²) in [5.41, 5.74) is 0. The molecule has 1 atom stereocenters. The van der Waals surface area contributed by atoms with Gasteiger partial charge in [-0.25, -0.2) is 4.98 Å². The van der Waals surface area contributed by atoms with Crippen molar-refractivity contribution < 1.29 is 4.74 Å². The van der Waals surface area contributed by atoms with Gasteiger partial charge in [-0.1, -0.05) is 6.07 Å². The Bertz CT molecular complexity index is 257. The number of ether oxygens (including phenoxy) is 1. The summed E-state index contributed by atoms with van der Waals surface area (Å²) >= 11 is 0. The van der Waals surface area contributed by atoms with E-state index in [0.29, 0.717) is 5.92 Å². The Kier molecular flexibility index (Phi) is 3.35. The molecule has 0 radical (unpaired) electrons. The van der Waals surface area contributed by atoms with E-state index in [0.717, 1.165) is 25.6 Å². The number of hydrogen-bond acceptors (Lipinski definition) is 3. The topological polar surface area (TPSA) is 34.1 Å². The van der Waals surface area contributed by atoms with E-state index in [1.54, 1.807) is 6.20 Å². The molecular weight excluding hydrogens is 176 g/mol. The summed E-state index contributed by atoms with van der Waals surface area (Å²) in [5, 5.41) is 3.32. The van der Waals surface area contributed by atoms with Gasteiger partial charge in [0.2, 0.25) is 0 Å². The molecule has 0 spiro atoms. The van der Waals surface area contributed by atoms with E-state index in [-0.39, 0.29) is 0 Å². The van der Waals surface area contributed by atoms with Crippen molar-refractivity contribution in [3.8, 4) is 0 Å². The molecule has 1 aliphatic rings. The Morgan fingerprint density at radius 1 is 1.50 bits per heavy atom. The minimum atomic E-state index is 0.644. The van der Waals surface area contributed by atoms with Crippen LogP contribution in [0.5, 0.6) is 0 Å². The number of pyridine rings is 1. The van der Waals surface area contributed by atoms with Crippen molar-refractivity contribution in [2.75, 3.05) is 25.1 Å². The molecule has 0 amide bonds. The first-order valence-corrected chi connectivity index (χ1v) is 5.18. The van der Waals surface area contributed by atoms with Crippen molar-refractivity contribution in [1.29, 1.82) is 0 Å². The lowest BCUT2D eigenvalue weighted by molar-refractivity contribution is 0.0595. The van der Waals surface area contributed by atoms with Gasteiger partial charge in [0, 0.05) is 19.3 Å². The minimum absolute atomic E-state index is 0.644. The summed E-state index contributed by atoms with van der Waals surface area (Å²) in [6.07, 6.45) is 4.26. The maximum Gasteiger partial charge on any atom is 0.125 e. The van der Waals surface area contributed by atoms with Crippen molar-refractivity contribution >= 4 is 5.82 Å². The lowest BCUT2D eigenvalue weighted by Crippen LogP contribution is -2.24. The molecule has 0 aromatic carbocycles. The first kappa shape index (κ1) is 9.46.